The van der Waals surface area contributed by atoms with Crippen LogP contribution < -0.4 is 0 Å². The van der Waals surface area contributed by atoms with Gasteiger partial charge in [-0.1, -0.05) is 13.2 Å². The fourth-order valence-corrected chi connectivity index (χ4v) is 0.706. The molecule has 1 N–H and O–H groups in total. The average Bonchev–Trinajstić information content (AvgIpc) is 2.41. The van der Waals surface area contributed by atoms with Gasteiger partial charge in [-0.15, -0.1) is 0 Å². The van der Waals surface area contributed by atoms with Gasteiger partial charge in [0.15, 0.2) is 0 Å². The lowest BCUT2D eigenvalue weighted by molar-refractivity contribution is -0.254. The van der Waals surface area contributed by atoms with Gasteiger partial charge in [-0.25, -0.2) is 24.2 Å². The predicted octanol–water partition coefficient (Wildman–Crippen LogP) is 0.508. The Morgan fingerprint density at radius 1 is 1.10 bits per heavy atom. The molecule has 0 aliphatic heterocycles. The van der Waals surface area contributed by atoms with Crippen molar-refractivity contribution >= 4 is 23.9 Å². The highest BCUT2D eigenvalue weighted by Gasteiger charge is 2.25. The Bertz CT molecular complexity index is 488. The fourth-order valence-electron chi connectivity index (χ4n) is 0.706. The summed E-state index contributed by atoms with van der Waals surface area (Å²) in [5.41, 5.74) is -0.431. The molecule has 0 aliphatic carbocycles. The first-order valence-corrected chi connectivity index (χ1v) is 5.08. The van der Waals surface area contributed by atoms with E-state index in [0.717, 1.165) is 6.08 Å². The van der Waals surface area contributed by atoms with Crippen LogP contribution in [0.4, 0.5) is 0 Å². The van der Waals surface area contributed by atoms with Gasteiger partial charge in [0.2, 0.25) is 5.76 Å². The first-order valence-electron chi connectivity index (χ1n) is 5.08. The summed E-state index contributed by atoms with van der Waals surface area (Å²) in [5, 5.41) is 8.64. The van der Waals surface area contributed by atoms with Gasteiger partial charge in [0.25, 0.3) is 0 Å². The lowest BCUT2D eigenvalue weighted by Gasteiger charge is -2.08. The molecule has 20 heavy (non-hydrogen) atoms. The molecule has 0 aromatic rings. The van der Waals surface area contributed by atoms with Gasteiger partial charge >= 0.3 is 23.9 Å². The number of carboxylic acids is 1. The lowest BCUT2D eigenvalue weighted by atomic mass is 10.0. The second-order valence-electron chi connectivity index (χ2n) is 3.38. The molecule has 0 saturated carbocycles. The summed E-state index contributed by atoms with van der Waals surface area (Å²) in [6, 6.07) is 0. The summed E-state index contributed by atoms with van der Waals surface area (Å²) in [4.78, 5) is 51.8. The lowest BCUT2D eigenvalue weighted by Crippen LogP contribution is -2.22. The van der Waals surface area contributed by atoms with E-state index in [4.69, 9.17) is 5.11 Å². The molecule has 1 atom stereocenters. The van der Waals surface area contributed by atoms with Crippen molar-refractivity contribution in [2.75, 3.05) is 0 Å². The maximum Gasteiger partial charge on any atom is 0.420 e. The zero-order chi connectivity index (χ0) is 15.9. The molecule has 8 nitrogen and oxygen atoms in total. The molecule has 0 bridgehead atoms. The van der Waals surface area contributed by atoms with E-state index in [2.05, 4.69) is 34.2 Å². The van der Waals surface area contributed by atoms with Crippen LogP contribution in [0.25, 0.3) is 0 Å². The minimum atomic E-state index is -1.34. The Morgan fingerprint density at radius 3 is 2.05 bits per heavy atom. The number of carboxylic acid groups (broad SMARTS) is 1. The van der Waals surface area contributed by atoms with E-state index >= 15 is 0 Å². The van der Waals surface area contributed by atoms with E-state index in [1.165, 1.54) is 6.92 Å². The molecule has 0 amide bonds. The number of hydrogen-bond donors (Lipinski definition) is 1. The van der Waals surface area contributed by atoms with Crippen molar-refractivity contribution < 1.29 is 38.8 Å². The summed E-state index contributed by atoms with van der Waals surface area (Å²) < 4.78 is 4.31. The minimum absolute atomic E-state index is 0.431. The molecule has 8 heteroatoms. The van der Waals surface area contributed by atoms with Crippen LogP contribution in [-0.4, -0.2) is 29.0 Å². The number of carbonyl (C=O) groups is 4. The smallest absolute Gasteiger partial charge is 0.420 e. The summed E-state index contributed by atoms with van der Waals surface area (Å²) in [6.07, 6.45) is 0.779. The molecule has 108 valence electrons. The maximum atomic E-state index is 11.3. The standard InChI is InChI=1S/C12H12O8/c1-5-9(13)18-8(4)12(17)20-19-11(16)7(3)6(2)10(14)15/h5-6H,1,3-4H2,2H3,(H,14,15). The van der Waals surface area contributed by atoms with Gasteiger partial charge in [0.1, 0.15) is 0 Å². The fraction of sp³-hybridized carbons (Fsp3) is 0.167. The SMILES string of the molecule is C=CC(=O)OC(=C)C(=O)OOC(=O)C(=C)C(C)C(=O)O. The zero-order valence-corrected chi connectivity index (χ0v) is 10.6. The quantitative estimate of drug-likeness (QED) is 0.246. The van der Waals surface area contributed by atoms with Crippen LogP contribution >= 0.6 is 0 Å². The summed E-state index contributed by atoms with van der Waals surface area (Å²) in [6.45, 7) is 10.5. The van der Waals surface area contributed by atoms with Crippen molar-refractivity contribution in [3.63, 3.8) is 0 Å². The van der Waals surface area contributed by atoms with Gasteiger partial charge in [-0.05, 0) is 13.5 Å². The Morgan fingerprint density at radius 2 is 1.60 bits per heavy atom. The highest BCUT2D eigenvalue weighted by atomic mass is 17.2. The minimum Gasteiger partial charge on any atom is -0.481 e. The van der Waals surface area contributed by atoms with Gasteiger partial charge in [0.05, 0.1) is 5.92 Å². The number of rotatable bonds is 6. The van der Waals surface area contributed by atoms with Gasteiger partial charge in [-0.2, -0.15) is 0 Å². The van der Waals surface area contributed by atoms with Crippen LogP contribution in [0.15, 0.2) is 37.1 Å². The third kappa shape index (κ3) is 5.17. The van der Waals surface area contributed by atoms with Gasteiger partial charge in [-0.3, -0.25) is 4.79 Å². The summed E-state index contributed by atoms with van der Waals surface area (Å²) in [7, 11) is 0. The van der Waals surface area contributed by atoms with Crippen molar-refractivity contribution in [1.29, 1.82) is 0 Å². The number of hydrogen-bond acceptors (Lipinski definition) is 7. The molecule has 0 aromatic carbocycles. The summed E-state index contributed by atoms with van der Waals surface area (Å²) in [5.74, 6) is -6.81. The van der Waals surface area contributed by atoms with Crippen LogP contribution in [-0.2, 0) is 33.7 Å². The van der Waals surface area contributed by atoms with Gasteiger partial charge < -0.3 is 9.84 Å². The van der Waals surface area contributed by atoms with Crippen molar-refractivity contribution in [2.24, 2.45) is 5.92 Å². The Balaban J connectivity index is 4.38. The predicted molar refractivity (Wildman–Crippen MR) is 63.6 cm³/mol. The molecule has 0 aliphatic rings. The summed E-state index contributed by atoms with van der Waals surface area (Å²) >= 11 is 0. The van der Waals surface area contributed by atoms with E-state index in [9.17, 15) is 19.2 Å². The Hall–Kier alpha value is -2.90. The first-order chi connectivity index (χ1) is 9.20. The monoisotopic (exact) mass is 284 g/mol. The van der Waals surface area contributed by atoms with Crippen LogP contribution in [0.2, 0.25) is 0 Å². The number of esters is 1. The third-order valence-corrected chi connectivity index (χ3v) is 1.97. The zero-order valence-electron chi connectivity index (χ0n) is 10.6. The van der Waals surface area contributed by atoms with E-state index in [-0.39, 0.29) is 0 Å². The Kier molecular flexibility index (Phi) is 6.43. The van der Waals surface area contributed by atoms with Crippen LogP contribution in [0.5, 0.6) is 0 Å². The van der Waals surface area contributed by atoms with E-state index in [0.29, 0.717) is 0 Å². The molecule has 0 radical (unpaired) electrons. The number of ether oxygens (including phenoxy) is 1. The molecule has 0 spiro atoms. The van der Waals surface area contributed by atoms with Crippen molar-refractivity contribution in [3.05, 3.63) is 37.1 Å². The third-order valence-electron chi connectivity index (χ3n) is 1.97. The molecular weight excluding hydrogens is 272 g/mol. The van der Waals surface area contributed by atoms with E-state index in [1.54, 1.807) is 0 Å². The highest BCUT2D eigenvalue weighted by Crippen LogP contribution is 2.11. The molecule has 1 unspecified atom stereocenters. The number of carbonyl (C=O) groups excluding carboxylic acids is 3. The first kappa shape index (κ1) is 17.1. The molecule has 0 heterocycles. The Labute approximate surface area is 113 Å². The maximum absolute atomic E-state index is 11.3. The molecular formula is C12H12O8. The van der Waals surface area contributed by atoms with E-state index < -0.39 is 41.1 Å². The molecule has 0 rings (SSSR count). The molecule has 0 aromatic heterocycles. The second-order valence-corrected chi connectivity index (χ2v) is 3.38. The number of aliphatic carboxylic acids is 1. The van der Waals surface area contributed by atoms with Crippen LogP contribution in [0.1, 0.15) is 6.92 Å². The van der Waals surface area contributed by atoms with Gasteiger partial charge in [0, 0.05) is 11.6 Å². The highest BCUT2D eigenvalue weighted by molar-refractivity contribution is 5.95. The average molecular weight is 284 g/mol. The second kappa shape index (κ2) is 7.52. The molecule has 0 fully saturated rings. The van der Waals surface area contributed by atoms with Crippen LogP contribution in [0, 0.1) is 5.92 Å². The van der Waals surface area contributed by atoms with Crippen molar-refractivity contribution in [1.82, 2.24) is 0 Å². The normalized spacial score (nSPS) is 10.7. The van der Waals surface area contributed by atoms with Crippen LogP contribution in [0.3, 0.4) is 0 Å². The van der Waals surface area contributed by atoms with Crippen molar-refractivity contribution in [3.8, 4) is 0 Å². The van der Waals surface area contributed by atoms with E-state index in [1.807, 2.05) is 0 Å². The topological polar surface area (TPSA) is 116 Å². The largest absolute Gasteiger partial charge is 0.481 e. The molecule has 0 saturated heterocycles. The van der Waals surface area contributed by atoms with Crippen molar-refractivity contribution in [2.45, 2.75) is 6.92 Å².